The molecule has 1 N–H and O–H groups in total. The first-order valence-electron chi connectivity index (χ1n) is 4.50. The summed E-state index contributed by atoms with van der Waals surface area (Å²) in [5.41, 5.74) is 0.0218. The van der Waals surface area contributed by atoms with Gasteiger partial charge in [-0.2, -0.15) is 0 Å². The molecule has 0 unspecified atom stereocenters. The average molecular weight is 223 g/mol. The Morgan fingerprint density at radius 2 is 2.19 bits per heavy atom. The van der Waals surface area contributed by atoms with Gasteiger partial charge in [-0.15, -0.1) is 0 Å². The van der Waals surface area contributed by atoms with Gasteiger partial charge in [0.1, 0.15) is 6.29 Å². The lowest BCUT2D eigenvalue weighted by Crippen LogP contribution is -2.04. The quantitative estimate of drug-likeness (QED) is 0.462. The van der Waals surface area contributed by atoms with E-state index in [2.05, 4.69) is 0 Å². The molecule has 0 fully saturated rings. The van der Waals surface area contributed by atoms with Crippen LogP contribution >= 0.6 is 0 Å². The van der Waals surface area contributed by atoms with E-state index >= 15 is 0 Å². The standard InChI is InChI=1S/C10H9NO5/c12-5-1-2-7-3-4-8(11(15)16)6-9(7)10(13)14/h3-6H,1-2H2,(H,13,14). The lowest BCUT2D eigenvalue weighted by molar-refractivity contribution is -0.384. The highest BCUT2D eigenvalue weighted by atomic mass is 16.6. The fraction of sp³-hybridized carbons (Fsp3) is 0.200. The maximum Gasteiger partial charge on any atom is 0.336 e. The summed E-state index contributed by atoms with van der Waals surface area (Å²) in [5.74, 6) is -1.23. The molecule has 1 rings (SSSR count). The summed E-state index contributed by atoms with van der Waals surface area (Å²) in [6.07, 6.45) is 1.13. The number of non-ortho nitro benzene ring substituents is 1. The Morgan fingerprint density at radius 3 is 2.69 bits per heavy atom. The number of nitro benzene ring substituents is 1. The minimum atomic E-state index is -1.23. The van der Waals surface area contributed by atoms with E-state index in [1.165, 1.54) is 12.1 Å². The second kappa shape index (κ2) is 5.01. The molecule has 16 heavy (non-hydrogen) atoms. The molecule has 1 aromatic rings. The van der Waals surface area contributed by atoms with Gasteiger partial charge in [0.25, 0.3) is 5.69 Å². The molecule has 0 saturated heterocycles. The summed E-state index contributed by atoms with van der Waals surface area (Å²) in [4.78, 5) is 30.8. The SMILES string of the molecule is O=CCCc1ccc([N+](=O)[O-])cc1C(=O)O. The third-order valence-electron chi connectivity index (χ3n) is 2.07. The van der Waals surface area contributed by atoms with E-state index in [1.54, 1.807) is 0 Å². The summed E-state index contributed by atoms with van der Waals surface area (Å²) in [6.45, 7) is 0. The van der Waals surface area contributed by atoms with Gasteiger partial charge in [-0.05, 0) is 12.0 Å². The number of aromatic carboxylic acids is 1. The van der Waals surface area contributed by atoms with Crippen molar-refractivity contribution in [2.24, 2.45) is 0 Å². The number of carboxylic acid groups (broad SMARTS) is 1. The van der Waals surface area contributed by atoms with Crippen LogP contribution in [0.2, 0.25) is 0 Å². The zero-order valence-electron chi connectivity index (χ0n) is 8.25. The first-order valence-corrected chi connectivity index (χ1v) is 4.50. The molecule has 0 radical (unpaired) electrons. The monoisotopic (exact) mass is 223 g/mol. The fourth-order valence-electron chi connectivity index (χ4n) is 1.31. The van der Waals surface area contributed by atoms with E-state index in [1.807, 2.05) is 0 Å². The molecule has 0 spiro atoms. The van der Waals surface area contributed by atoms with Gasteiger partial charge in [0.2, 0.25) is 0 Å². The van der Waals surface area contributed by atoms with Gasteiger partial charge in [-0.1, -0.05) is 6.07 Å². The minimum absolute atomic E-state index is 0.129. The molecule has 0 aliphatic rings. The van der Waals surface area contributed by atoms with Crippen LogP contribution in [-0.2, 0) is 11.2 Å². The highest BCUT2D eigenvalue weighted by molar-refractivity contribution is 5.90. The van der Waals surface area contributed by atoms with Gasteiger partial charge >= 0.3 is 5.97 Å². The Bertz CT molecular complexity index is 441. The van der Waals surface area contributed by atoms with E-state index in [0.29, 0.717) is 11.8 Å². The Morgan fingerprint density at radius 1 is 1.50 bits per heavy atom. The van der Waals surface area contributed by atoms with Crippen molar-refractivity contribution in [3.63, 3.8) is 0 Å². The molecule has 0 atom stereocenters. The van der Waals surface area contributed by atoms with Crippen LogP contribution in [0.1, 0.15) is 22.3 Å². The number of carboxylic acids is 1. The Labute approximate surface area is 90.7 Å². The molecule has 6 nitrogen and oxygen atoms in total. The zero-order chi connectivity index (χ0) is 12.1. The average Bonchev–Trinajstić information content (AvgIpc) is 2.25. The van der Waals surface area contributed by atoms with Crippen LogP contribution in [-0.4, -0.2) is 22.3 Å². The summed E-state index contributed by atoms with van der Waals surface area (Å²) < 4.78 is 0. The van der Waals surface area contributed by atoms with Crippen LogP contribution < -0.4 is 0 Å². The third kappa shape index (κ3) is 2.63. The predicted octanol–water partition coefficient (Wildman–Crippen LogP) is 1.42. The second-order valence-electron chi connectivity index (χ2n) is 3.11. The molecule has 1 aromatic carbocycles. The van der Waals surface area contributed by atoms with Gasteiger partial charge in [0.15, 0.2) is 0 Å². The number of hydrogen-bond donors (Lipinski definition) is 1. The molecule has 0 saturated carbocycles. The van der Waals surface area contributed by atoms with Crippen LogP contribution in [0, 0.1) is 10.1 Å². The third-order valence-corrected chi connectivity index (χ3v) is 2.07. The molecular formula is C10H9NO5. The summed E-state index contributed by atoms with van der Waals surface area (Å²) in [7, 11) is 0. The summed E-state index contributed by atoms with van der Waals surface area (Å²) in [5, 5.41) is 19.3. The van der Waals surface area contributed by atoms with Crippen molar-refractivity contribution in [2.75, 3.05) is 0 Å². The van der Waals surface area contributed by atoms with E-state index in [-0.39, 0.29) is 24.1 Å². The fourth-order valence-corrected chi connectivity index (χ4v) is 1.31. The number of carbonyl (C=O) groups excluding carboxylic acids is 1. The maximum absolute atomic E-state index is 10.8. The van der Waals surface area contributed by atoms with Crippen LogP contribution in [0.15, 0.2) is 18.2 Å². The number of hydrogen-bond acceptors (Lipinski definition) is 4. The van der Waals surface area contributed by atoms with E-state index in [0.717, 1.165) is 6.07 Å². The van der Waals surface area contributed by atoms with Gasteiger partial charge in [0, 0.05) is 18.6 Å². The number of aldehydes is 1. The number of carbonyl (C=O) groups is 2. The molecule has 0 aliphatic heterocycles. The van der Waals surface area contributed by atoms with Crippen molar-refractivity contribution < 1.29 is 19.6 Å². The number of aryl methyl sites for hydroxylation is 1. The number of nitro groups is 1. The highest BCUT2D eigenvalue weighted by Crippen LogP contribution is 2.19. The maximum atomic E-state index is 10.8. The van der Waals surface area contributed by atoms with E-state index in [9.17, 15) is 19.7 Å². The normalized spacial score (nSPS) is 9.75. The Kier molecular flexibility index (Phi) is 3.71. The van der Waals surface area contributed by atoms with Gasteiger partial charge in [0.05, 0.1) is 10.5 Å². The highest BCUT2D eigenvalue weighted by Gasteiger charge is 2.15. The lowest BCUT2D eigenvalue weighted by atomic mass is 10.0. The minimum Gasteiger partial charge on any atom is -0.478 e. The summed E-state index contributed by atoms with van der Waals surface area (Å²) >= 11 is 0. The van der Waals surface area contributed by atoms with Crippen LogP contribution in [0.4, 0.5) is 5.69 Å². The van der Waals surface area contributed by atoms with Crippen molar-refractivity contribution in [1.29, 1.82) is 0 Å². The first kappa shape index (κ1) is 11.8. The zero-order valence-corrected chi connectivity index (χ0v) is 8.25. The lowest BCUT2D eigenvalue weighted by Gasteiger charge is -2.03. The molecule has 84 valence electrons. The van der Waals surface area contributed by atoms with Crippen LogP contribution in [0.25, 0.3) is 0 Å². The van der Waals surface area contributed by atoms with Gasteiger partial charge < -0.3 is 9.90 Å². The largest absolute Gasteiger partial charge is 0.478 e. The molecule has 0 heterocycles. The molecule has 0 amide bonds. The van der Waals surface area contributed by atoms with Crippen LogP contribution in [0.5, 0.6) is 0 Å². The van der Waals surface area contributed by atoms with Crippen LogP contribution in [0.3, 0.4) is 0 Å². The summed E-state index contributed by atoms with van der Waals surface area (Å²) in [6, 6.07) is 3.60. The second-order valence-corrected chi connectivity index (χ2v) is 3.11. The molecular weight excluding hydrogens is 214 g/mol. The number of benzene rings is 1. The van der Waals surface area contributed by atoms with Crippen molar-refractivity contribution in [3.05, 3.63) is 39.4 Å². The van der Waals surface area contributed by atoms with E-state index < -0.39 is 10.9 Å². The van der Waals surface area contributed by atoms with E-state index in [4.69, 9.17) is 5.11 Å². The van der Waals surface area contributed by atoms with Gasteiger partial charge in [-0.25, -0.2) is 4.79 Å². The smallest absolute Gasteiger partial charge is 0.336 e. The molecule has 0 aromatic heterocycles. The predicted molar refractivity (Wildman–Crippen MR) is 54.4 cm³/mol. The van der Waals surface area contributed by atoms with Crippen molar-refractivity contribution in [2.45, 2.75) is 12.8 Å². The van der Waals surface area contributed by atoms with Crippen molar-refractivity contribution >= 4 is 17.9 Å². The molecule has 6 heteroatoms. The Hall–Kier alpha value is -2.24. The topological polar surface area (TPSA) is 97.5 Å². The Balaban J connectivity index is 3.13. The van der Waals surface area contributed by atoms with Crippen molar-refractivity contribution in [3.8, 4) is 0 Å². The molecule has 0 aliphatic carbocycles. The van der Waals surface area contributed by atoms with Gasteiger partial charge in [-0.3, -0.25) is 10.1 Å². The number of rotatable bonds is 5. The molecule has 0 bridgehead atoms. The number of nitrogens with zero attached hydrogens (tertiary/aromatic N) is 1. The first-order chi connectivity index (χ1) is 7.56. The van der Waals surface area contributed by atoms with Crippen molar-refractivity contribution in [1.82, 2.24) is 0 Å².